The first-order valence-corrected chi connectivity index (χ1v) is 30.6. The molecule has 0 spiro atoms. The first-order valence-electron chi connectivity index (χ1n) is 30.6. The standard InChI is InChI=1S/C54H90N4O38/c1-14-27(55-15(2)66)35(76)41(24(11-63)84-14)90-50-38(79)45(32(73)21(8-60)85-50)93-48-29(57-17(4)68)36(77)42(25(12-64)88-48)91-51-39(80)46(33(74)22(9-61)86-51)94-49-30(58-18(5)69)37(78)43(26(13-65)89-49)92-52-40(81)47(34(75)23(10-62)87-52)96-54(53(82)83)6-19(70)28(56-16(3)67)44(95-54)31(72)20(71)7-59/h14,19-52,59-65,70-81H,6-13H2,1-5H3,(H,55,66)(H,56,67)(H,57,68)(H,58,69)(H,82,83)/t14-,19+,20+,21?,22?,23?,24?,25?,26?,27?,28+,29?,30?,31+,32-,33-,34-,35+,36+,37+,38?,39?,40?,41+,42+,43+,44?,45-,46-,47-,48-,49-,50-,51-,52-,54-/m0/s1. The monoisotopic (exact) mass is 1400 g/mol. The Labute approximate surface area is 544 Å². The molecule has 0 saturated carbocycles. The molecule has 24 N–H and O–H groups in total. The normalized spacial score (nSPS) is 46.0. The average molecular weight is 1400 g/mol. The topological polar surface area (TPSA) is 658 Å². The number of hydrogen-bond donors (Lipinski definition) is 24. The van der Waals surface area contributed by atoms with Gasteiger partial charge in [-0.2, -0.15) is 0 Å². The molecule has 7 fully saturated rings. The van der Waals surface area contributed by atoms with Crippen LogP contribution in [0, 0.1) is 0 Å². The molecule has 0 radical (unpaired) electrons. The molecule has 0 aromatic heterocycles. The number of rotatable bonds is 26. The SMILES string of the molecule is CC(=O)NC1[C@H](O[C@@H]2C(O)[C@H](O[C@@H]3C(CO)O[C@@H](C)C(NC(C)=O)[C@H]3O)OC(CO)[C@@H]2O)OC(CO)[C@@H](O[C@@H]2OC(CO)[C@H](O)[C@H](O[C@@H]3OC(CO)[C@@H](O[C@@H]4OC(CO)[C@H](O)[C@H](O[C@]5(C(=O)O)C[C@@H](O)[C@@H](NC(C)=O)C([C@H](O)[C@H](O)CO)O5)C4O)[C@H](O)C3NC(C)=O)C2O)[C@@H]1O. The Morgan fingerprint density at radius 2 is 0.729 bits per heavy atom. The van der Waals surface area contributed by atoms with E-state index in [9.17, 15) is 126 Å². The van der Waals surface area contributed by atoms with Crippen molar-refractivity contribution < 1.29 is 188 Å². The van der Waals surface area contributed by atoms with Gasteiger partial charge in [0.15, 0.2) is 31.5 Å². The fourth-order valence-electron chi connectivity index (χ4n) is 12.6. The predicted molar refractivity (Wildman–Crippen MR) is 299 cm³/mol. The second-order valence-corrected chi connectivity index (χ2v) is 24.2. The number of carboxylic acids is 1. The van der Waals surface area contributed by atoms with Gasteiger partial charge in [0, 0.05) is 34.1 Å². The van der Waals surface area contributed by atoms with Crippen LogP contribution in [0.2, 0.25) is 0 Å². The number of carbonyl (C=O) groups is 5. The summed E-state index contributed by atoms with van der Waals surface area (Å²) in [4.78, 5) is 62.9. The molecular weight excluding hydrogens is 1310 g/mol. The van der Waals surface area contributed by atoms with Gasteiger partial charge in [0.1, 0.15) is 159 Å². The van der Waals surface area contributed by atoms with Crippen molar-refractivity contribution >= 4 is 29.6 Å². The van der Waals surface area contributed by atoms with E-state index in [2.05, 4.69) is 21.3 Å². The second-order valence-electron chi connectivity index (χ2n) is 24.2. The number of hydrogen-bond acceptors (Lipinski definition) is 37. The van der Waals surface area contributed by atoms with Crippen LogP contribution in [0.1, 0.15) is 41.0 Å². The number of aliphatic carboxylic acids is 1. The molecule has 42 nitrogen and oxygen atoms in total. The number of aliphatic hydroxyl groups is 19. The fraction of sp³-hybridized carbons (Fsp3) is 0.907. The fourth-order valence-corrected chi connectivity index (χ4v) is 12.6. The summed E-state index contributed by atoms with van der Waals surface area (Å²) >= 11 is 0. The minimum Gasteiger partial charge on any atom is -0.477 e. The van der Waals surface area contributed by atoms with Crippen LogP contribution in [-0.4, -0.2) is 398 Å². The summed E-state index contributed by atoms with van der Waals surface area (Å²) in [5.41, 5.74) is 0. The summed E-state index contributed by atoms with van der Waals surface area (Å²) in [6, 6.07) is -6.61. The maximum atomic E-state index is 13.1. The third kappa shape index (κ3) is 17.3. The Hall–Kier alpha value is -3.93. The quantitative estimate of drug-likeness (QED) is 0.0382. The molecule has 7 saturated heterocycles. The van der Waals surface area contributed by atoms with Gasteiger partial charge in [0.2, 0.25) is 23.6 Å². The second kappa shape index (κ2) is 34.2. The maximum Gasteiger partial charge on any atom is 0.364 e. The van der Waals surface area contributed by atoms with Crippen molar-refractivity contribution in [3.8, 4) is 0 Å². The highest BCUT2D eigenvalue weighted by molar-refractivity contribution is 5.77. The van der Waals surface area contributed by atoms with Crippen molar-refractivity contribution in [3.63, 3.8) is 0 Å². The molecule has 7 aliphatic rings. The van der Waals surface area contributed by atoms with Crippen molar-refractivity contribution in [1.29, 1.82) is 0 Å². The van der Waals surface area contributed by atoms with Gasteiger partial charge in [0.25, 0.3) is 5.79 Å². The van der Waals surface area contributed by atoms with Crippen molar-refractivity contribution in [1.82, 2.24) is 21.3 Å². The van der Waals surface area contributed by atoms with Crippen molar-refractivity contribution in [2.24, 2.45) is 0 Å². The Morgan fingerprint density at radius 3 is 1.08 bits per heavy atom. The van der Waals surface area contributed by atoms with Crippen LogP contribution in [0.3, 0.4) is 0 Å². The lowest BCUT2D eigenvalue weighted by atomic mass is 9.88. The maximum absolute atomic E-state index is 13.1. The summed E-state index contributed by atoms with van der Waals surface area (Å²) in [6.45, 7) is -1.93. The molecular formula is C54H90N4O38. The molecule has 0 aromatic rings. The molecule has 13 unspecified atom stereocenters. The first kappa shape index (κ1) is 79.4. The first-order chi connectivity index (χ1) is 45.2. The molecule has 36 atom stereocenters. The van der Waals surface area contributed by atoms with Crippen LogP contribution in [0.4, 0.5) is 0 Å². The van der Waals surface area contributed by atoms with Gasteiger partial charge in [-0.05, 0) is 6.92 Å². The number of aliphatic hydroxyl groups excluding tert-OH is 19. The van der Waals surface area contributed by atoms with Gasteiger partial charge in [0.05, 0.1) is 70.5 Å². The van der Waals surface area contributed by atoms with Crippen LogP contribution in [0.5, 0.6) is 0 Å². The summed E-state index contributed by atoms with van der Waals surface area (Å²) in [7, 11) is 0. The third-order valence-electron chi connectivity index (χ3n) is 17.4. The van der Waals surface area contributed by atoms with Crippen molar-refractivity contribution in [2.75, 3.05) is 46.2 Å². The third-order valence-corrected chi connectivity index (χ3v) is 17.4. The van der Waals surface area contributed by atoms with Crippen LogP contribution < -0.4 is 21.3 Å². The molecule has 96 heavy (non-hydrogen) atoms. The van der Waals surface area contributed by atoms with Crippen LogP contribution in [0.25, 0.3) is 0 Å². The van der Waals surface area contributed by atoms with Gasteiger partial charge < -0.3 is 185 Å². The van der Waals surface area contributed by atoms with E-state index in [-0.39, 0.29) is 0 Å². The Balaban J connectivity index is 1.10. The lowest BCUT2D eigenvalue weighted by Crippen LogP contribution is -2.71. The zero-order chi connectivity index (χ0) is 71.3. The van der Waals surface area contributed by atoms with E-state index in [4.69, 9.17) is 61.6 Å². The summed E-state index contributed by atoms with van der Waals surface area (Å²) < 4.78 is 75.8. The van der Waals surface area contributed by atoms with E-state index < -0.39 is 302 Å². The highest BCUT2D eigenvalue weighted by atomic mass is 16.8. The highest BCUT2D eigenvalue weighted by Crippen LogP contribution is 2.41. The number of nitrogens with one attached hydrogen (secondary N) is 4. The molecule has 0 aromatic carbocycles. The highest BCUT2D eigenvalue weighted by Gasteiger charge is 2.62. The lowest BCUT2D eigenvalue weighted by Gasteiger charge is -2.51. The van der Waals surface area contributed by atoms with E-state index in [0.29, 0.717) is 0 Å². The molecule has 7 aliphatic heterocycles. The van der Waals surface area contributed by atoms with Gasteiger partial charge in [-0.3, -0.25) is 19.2 Å². The summed E-state index contributed by atoms with van der Waals surface area (Å²) in [5, 5.41) is 230. The van der Waals surface area contributed by atoms with Crippen LogP contribution in [0.15, 0.2) is 0 Å². The number of carbonyl (C=O) groups excluding carboxylic acids is 4. The summed E-state index contributed by atoms with van der Waals surface area (Å²) in [5.74, 6) is -8.59. The largest absolute Gasteiger partial charge is 0.477 e. The van der Waals surface area contributed by atoms with E-state index in [0.717, 1.165) is 27.7 Å². The zero-order valence-electron chi connectivity index (χ0n) is 52.2. The molecule has 7 heterocycles. The molecule has 4 amide bonds. The minimum absolute atomic E-state index is 0.580. The van der Waals surface area contributed by atoms with Gasteiger partial charge in [-0.25, -0.2) is 4.79 Å². The predicted octanol–water partition coefficient (Wildman–Crippen LogP) is -15.4. The number of carboxylic acid groups (broad SMARTS) is 1. The molecule has 0 aliphatic carbocycles. The Morgan fingerprint density at radius 1 is 0.417 bits per heavy atom. The molecule has 554 valence electrons. The van der Waals surface area contributed by atoms with E-state index >= 15 is 0 Å². The smallest absolute Gasteiger partial charge is 0.364 e. The van der Waals surface area contributed by atoms with Crippen LogP contribution >= 0.6 is 0 Å². The van der Waals surface area contributed by atoms with Gasteiger partial charge in [-0.1, -0.05) is 0 Å². The number of amides is 4. The van der Waals surface area contributed by atoms with Crippen molar-refractivity contribution in [2.45, 2.75) is 261 Å². The Kier molecular flexibility index (Phi) is 28.2. The van der Waals surface area contributed by atoms with E-state index in [1.165, 1.54) is 6.92 Å². The van der Waals surface area contributed by atoms with Gasteiger partial charge in [-0.15, -0.1) is 0 Å². The Bertz CT molecular complexity index is 2540. The molecule has 42 heteroatoms. The number of ether oxygens (including phenoxy) is 13. The van der Waals surface area contributed by atoms with E-state index in [1.54, 1.807) is 0 Å². The van der Waals surface area contributed by atoms with Crippen molar-refractivity contribution in [3.05, 3.63) is 0 Å². The molecule has 7 rings (SSSR count). The van der Waals surface area contributed by atoms with Gasteiger partial charge >= 0.3 is 5.97 Å². The molecule has 0 bridgehead atoms. The summed E-state index contributed by atoms with van der Waals surface area (Å²) in [6.07, 6.45) is -62.8. The van der Waals surface area contributed by atoms with Crippen LogP contribution in [-0.2, 0) is 85.6 Å². The van der Waals surface area contributed by atoms with E-state index in [1.807, 2.05) is 0 Å². The lowest BCUT2D eigenvalue weighted by molar-refractivity contribution is -0.391. The average Bonchev–Trinajstić information content (AvgIpc) is 0.762. The minimum atomic E-state index is -3.23. The zero-order valence-corrected chi connectivity index (χ0v) is 52.2.